The van der Waals surface area contributed by atoms with Gasteiger partial charge in [-0.3, -0.25) is 0 Å². The Labute approximate surface area is 89.4 Å². The minimum absolute atomic E-state index is 0.829. The van der Waals surface area contributed by atoms with E-state index in [-0.39, 0.29) is 0 Å². The molecule has 1 aromatic rings. The molecule has 0 saturated carbocycles. The van der Waals surface area contributed by atoms with Gasteiger partial charge in [0.25, 0.3) is 0 Å². The van der Waals surface area contributed by atoms with Crippen LogP contribution in [0.15, 0.2) is 23.0 Å². The third-order valence-electron chi connectivity index (χ3n) is 2.56. The summed E-state index contributed by atoms with van der Waals surface area (Å²) in [5.74, 6) is 1.35. The van der Waals surface area contributed by atoms with Gasteiger partial charge in [-0.1, -0.05) is 6.42 Å². The average Bonchev–Trinajstić information content (AvgIpc) is 2.72. The zero-order valence-corrected chi connectivity index (χ0v) is 9.19. The molecule has 1 fully saturated rings. The zero-order valence-electron chi connectivity index (χ0n) is 8.37. The van der Waals surface area contributed by atoms with Crippen molar-refractivity contribution < 1.29 is 4.42 Å². The van der Waals surface area contributed by atoms with E-state index in [1.165, 1.54) is 30.6 Å². The van der Waals surface area contributed by atoms with E-state index in [4.69, 9.17) is 4.42 Å². The first-order chi connectivity index (χ1) is 6.95. The van der Waals surface area contributed by atoms with E-state index in [1.807, 2.05) is 6.07 Å². The molecule has 1 unspecified atom stereocenters. The Morgan fingerprint density at radius 3 is 3.21 bits per heavy atom. The number of nitrogens with one attached hydrogen (secondary N) is 1. The highest BCUT2D eigenvalue weighted by Gasteiger charge is 2.12. The molecule has 1 aliphatic heterocycles. The highest BCUT2D eigenvalue weighted by Crippen LogP contribution is 2.24. The molecule has 0 aromatic carbocycles. The van der Waals surface area contributed by atoms with Crippen LogP contribution in [0.3, 0.4) is 0 Å². The maximum absolute atomic E-state index is 5.01. The van der Waals surface area contributed by atoms with E-state index >= 15 is 0 Å². The van der Waals surface area contributed by atoms with Crippen LogP contribution < -0.4 is 5.32 Å². The summed E-state index contributed by atoms with van der Waals surface area (Å²) in [5, 5.41) is 4.31. The van der Waals surface area contributed by atoms with E-state index in [2.05, 4.69) is 17.1 Å². The first-order valence-electron chi connectivity index (χ1n) is 5.28. The summed E-state index contributed by atoms with van der Waals surface area (Å²) in [4.78, 5) is 0. The molecular formula is C11H17NOS. The van der Waals surface area contributed by atoms with E-state index in [9.17, 15) is 0 Å². The van der Waals surface area contributed by atoms with Crippen LogP contribution in [0.25, 0.3) is 0 Å². The van der Waals surface area contributed by atoms with Crippen LogP contribution in [-0.4, -0.2) is 17.5 Å². The molecule has 0 bridgehead atoms. The van der Waals surface area contributed by atoms with Crippen LogP contribution in [0.4, 0.5) is 0 Å². The van der Waals surface area contributed by atoms with Crippen LogP contribution in [-0.2, 0) is 6.54 Å². The van der Waals surface area contributed by atoms with Crippen molar-refractivity contribution in [3.63, 3.8) is 0 Å². The normalized spacial score (nSPS) is 22.4. The van der Waals surface area contributed by atoms with Crippen molar-refractivity contribution in [1.29, 1.82) is 0 Å². The number of hydrogen-bond donors (Lipinski definition) is 1. The van der Waals surface area contributed by atoms with Crippen LogP contribution in [0.5, 0.6) is 0 Å². The third-order valence-corrected chi connectivity index (χ3v) is 3.95. The summed E-state index contributed by atoms with van der Waals surface area (Å²) >= 11 is 2.11. The van der Waals surface area contributed by atoms with Gasteiger partial charge in [-0.25, -0.2) is 0 Å². The van der Waals surface area contributed by atoms with Crippen molar-refractivity contribution in [2.24, 2.45) is 0 Å². The molecule has 1 saturated heterocycles. The van der Waals surface area contributed by atoms with Gasteiger partial charge >= 0.3 is 0 Å². The van der Waals surface area contributed by atoms with Gasteiger partial charge < -0.3 is 9.73 Å². The molecule has 0 aliphatic carbocycles. The Bertz CT molecular complexity index is 242. The molecule has 2 heterocycles. The molecule has 0 amide bonds. The Kier molecular flexibility index (Phi) is 3.95. The van der Waals surface area contributed by atoms with Gasteiger partial charge in [0.2, 0.25) is 0 Å². The third kappa shape index (κ3) is 3.07. The van der Waals surface area contributed by atoms with E-state index < -0.39 is 0 Å². The molecule has 1 atom stereocenters. The minimum Gasteiger partial charge on any atom is -0.472 e. The predicted octanol–water partition coefficient (Wildman–Crippen LogP) is 2.65. The van der Waals surface area contributed by atoms with E-state index in [0.29, 0.717) is 0 Å². The fraction of sp³-hybridized carbons (Fsp3) is 0.636. The van der Waals surface area contributed by atoms with Gasteiger partial charge in [0, 0.05) is 23.9 Å². The average molecular weight is 211 g/mol. The lowest BCUT2D eigenvalue weighted by Gasteiger charge is -2.21. The Morgan fingerprint density at radius 1 is 1.50 bits per heavy atom. The van der Waals surface area contributed by atoms with Crippen LogP contribution in [0, 0.1) is 0 Å². The van der Waals surface area contributed by atoms with Gasteiger partial charge in [0.05, 0.1) is 12.5 Å². The fourth-order valence-electron chi connectivity index (χ4n) is 1.74. The topological polar surface area (TPSA) is 25.2 Å². The Morgan fingerprint density at radius 2 is 2.50 bits per heavy atom. The highest BCUT2D eigenvalue weighted by molar-refractivity contribution is 7.99. The molecule has 2 rings (SSSR count). The summed E-state index contributed by atoms with van der Waals surface area (Å²) in [6.07, 6.45) is 7.73. The van der Waals surface area contributed by atoms with Crippen LogP contribution in [0.2, 0.25) is 0 Å². The quantitative estimate of drug-likeness (QED) is 0.829. The van der Waals surface area contributed by atoms with Crippen molar-refractivity contribution in [2.75, 3.05) is 12.3 Å². The van der Waals surface area contributed by atoms with Crippen molar-refractivity contribution in [2.45, 2.75) is 31.1 Å². The molecule has 1 aliphatic rings. The molecular weight excluding hydrogens is 194 g/mol. The second-order valence-electron chi connectivity index (χ2n) is 3.75. The lowest BCUT2D eigenvalue weighted by Crippen LogP contribution is -2.26. The molecule has 0 spiro atoms. The summed E-state index contributed by atoms with van der Waals surface area (Å²) < 4.78 is 5.01. The Balaban J connectivity index is 1.62. The smallest absolute Gasteiger partial charge is 0.0947 e. The zero-order chi connectivity index (χ0) is 9.64. The SMILES string of the molecule is c1cc(CNCC2CCCCS2)co1. The lowest BCUT2D eigenvalue weighted by atomic mass is 10.2. The largest absolute Gasteiger partial charge is 0.472 e. The summed E-state index contributed by atoms with van der Waals surface area (Å²) in [6, 6.07) is 2.01. The molecule has 1 aromatic heterocycles. The number of furan rings is 1. The highest BCUT2D eigenvalue weighted by atomic mass is 32.2. The predicted molar refractivity (Wildman–Crippen MR) is 60.5 cm³/mol. The first-order valence-corrected chi connectivity index (χ1v) is 6.33. The monoisotopic (exact) mass is 211 g/mol. The van der Waals surface area contributed by atoms with Crippen molar-refractivity contribution in [1.82, 2.24) is 5.32 Å². The minimum atomic E-state index is 0.829. The maximum Gasteiger partial charge on any atom is 0.0947 e. The molecule has 0 radical (unpaired) electrons. The van der Waals surface area contributed by atoms with Gasteiger partial charge in [-0.05, 0) is 24.7 Å². The van der Waals surface area contributed by atoms with Gasteiger partial charge in [0.15, 0.2) is 0 Å². The summed E-state index contributed by atoms with van der Waals surface area (Å²) in [7, 11) is 0. The maximum atomic E-state index is 5.01. The fourth-order valence-corrected chi connectivity index (χ4v) is 3.01. The molecule has 3 heteroatoms. The van der Waals surface area contributed by atoms with E-state index in [1.54, 1.807) is 12.5 Å². The van der Waals surface area contributed by atoms with E-state index in [0.717, 1.165) is 18.3 Å². The number of thioether (sulfide) groups is 1. The molecule has 78 valence electrons. The summed E-state index contributed by atoms with van der Waals surface area (Å²) in [6.45, 7) is 2.07. The van der Waals surface area contributed by atoms with Gasteiger partial charge in [-0.15, -0.1) is 0 Å². The van der Waals surface area contributed by atoms with Gasteiger partial charge in [0.1, 0.15) is 0 Å². The molecule has 14 heavy (non-hydrogen) atoms. The van der Waals surface area contributed by atoms with Crippen molar-refractivity contribution >= 4 is 11.8 Å². The molecule has 1 N–H and O–H groups in total. The second-order valence-corrected chi connectivity index (χ2v) is 5.16. The standard InChI is InChI=1S/C11H17NOS/c1-2-6-14-11(3-1)8-12-7-10-4-5-13-9-10/h4-5,9,11-12H,1-3,6-8H2. The Hall–Kier alpha value is -0.410. The van der Waals surface area contributed by atoms with Crippen molar-refractivity contribution in [3.05, 3.63) is 24.2 Å². The second kappa shape index (κ2) is 5.47. The van der Waals surface area contributed by atoms with Crippen LogP contribution in [0.1, 0.15) is 24.8 Å². The van der Waals surface area contributed by atoms with Crippen LogP contribution >= 0.6 is 11.8 Å². The lowest BCUT2D eigenvalue weighted by molar-refractivity contribution is 0.557. The number of hydrogen-bond acceptors (Lipinski definition) is 3. The molecule has 2 nitrogen and oxygen atoms in total. The number of rotatable bonds is 4. The first kappa shape index (κ1) is 10.1. The summed E-state index contributed by atoms with van der Waals surface area (Å²) in [5.41, 5.74) is 1.24. The van der Waals surface area contributed by atoms with Gasteiger partial charge in [-0.2, -0.15) is 11.8 Å². The van der Waals surface area contributed by atoms with Crippen molar-refractivity contribution in [3.8, 4) is 0 Å².